The normalized spacial score (nSPS) is 11.1. The van der Waals surface area contributed by atoms with Gasteiger partial charge < -0.3 is 10.1 Å². The number of rotatable bonds is 12. The van der Waals surface area contributed by atoms with Crippen molar-refractivity contribution in [2.75, 3.05) is 29.8 Å². The number of carbonyl (C=O) groups excluding carboxylic acids is 1. The zero-order chi connectivity index (χ0) is 24.4. The first kappa shape index (κ1) is 25.6. The summed E-state index contributed by atoms with van der Waals surface area (Å²) in [4.78, 5) is 13.7. The van der Waals surface area contributed by atoms with Gasteiger partial charge in [0.15, 0.2) is 0 Å². The van der Waals surface area contributed by atoms with E-state index in [9.17, 15) is 17.6 Å². The van der Waals surface area contributed by atoms with Crippen molar-refractivity contribution in [3.05, 3.63) is 84.7 Å². The highest BCUT2D eigenvalue weighted by Crippen LogP contribution is 2.26. The van der Waals surface area contributed by atoms with Gasteiger partial charge in [-0.1, -0.05) is 18.2 Å². The Morgan fingerprint density at radius 3 is 2.32 bits per heavy atom. The fourth-order valence-electron chi connectivity index (χ4n) is 3.12. The molecule has 0 saturated heterocycles. The second-order valence-electron chi connectivity index (χ2n) is 7.26. The van der Waals surface area contributed by atoms with Gasteiger partial charge in [-0.25, -0.2) is 12.8 Å². The molecule has 0 spiro atoms. The molecule has 3 aromatic rings. The van der Waals surface area contributed by atoms with Crippen LogP contribution in [0.2, 0.25) is 0 Å². The summed E-state index contributed by atoms with van der Waals surface area (Å²) in [5.41, 5.74) is 0.308. The van der Waals surface area contributed by atoms with Crippen LogP contribution in [0.3, 0.4) is 0 Å². The number of nitrogens with one attached hydrogen (secondary N) is 1. The lowest BCUT2D eigenvalue weighted by Gasteiger charge is -2.24. The van der Waals surface area contributed by atoms with Gasteiger partial charge in [0, 0.05) is 11.4 Å². The summed E-state index contributed by atoms with van der Waals surface area (Å²) in [6.45, 7) is 2.34. The lowest BCUT2D eigenvalue weighted by Crippen LogP contribution is -2.41. The number of hydrogen-bond donors (Lipinski definition) is 1. The summed E-state index contributed by atoms with van der Waals surface area (Å²) in [6.07, 6.45) is 0.735. The van der Waals surface area contributed by atoms with E-state index in [0.29, 0.717) is 24.6 Å². The highest BCUT2D eigenvalue weighted by molar-refractivity contribution is 7.99. The molecule has 1 N–H and O–H groups in total. The van der Waals surface area contributed by atoms with Gasteiger partial charge in [-0.3, -0.25) is 9.10 Å². The van der Waals surface area contributed by atoms with Gasteiger partial charge in [0.25, 0.3) is 10.0 Å². The Hall–Kier alpha value is -3.04. The molecule has 0 aliphatic carbocycles. The Labute approximate surface area is 204 Å². The Morgan fingerprint density at radius 2 is 1.68 bits per heavy atom. The van der Waals surface area contributed by atoms with Crippen molar-refractivity contribution in [2.45, 2.75) is 23.1 Å². The molecule has 3 aromatic carbocycles. The van der Waals surface area contributed by atoms with Crippen LogP contribution in [0.25, 0.3) is 0 Å². The zero-order valence-corrected chi connectivity index (χ0v) is 20.4. The molecule has 180 valence electrons. The van der Waals surface area contributed by atoms with E-state index in [0.717, 1.165) is 33.5 Å². The smallest absolute Gasteiger partial charge is 0.264 e. The van der Waals surface area contributed by atoms with E-state index in [1.165, 1.54) is 12.1 Å². The Kier molecular flexibility index (Phi) is 9.35. The first-order valence-corrected chi connectivity index (χ1v) is 13.3. The summed E-state index contributed by atoms with van der Waals surface area (Å²) in [6, 6.07) is 20.9. The molecule has 34 heavy (non-hydrogen) atoms. The molecule has 0 fully saturated rings. The standard InChI is InChI=1S/C25H27FN2O4S2/c1-2-32-22-13-11-21(12-14-22)28(34(30,31)24-15-9-20(26)10-16-24)19-25(29)27-17-6-18-33-23-7-4-3-5-8-23/h3-5,7-16H,2,6,17-19H2,1H3,(H,27,29). The van der Waals surface area contributed by atoms with Crippen LogP contribution in [-0.4, -0.2) is 39.8 Å². The van der Waals surface area contributed by atoms with Crippen molar-refractivity contribution >= 4 is 33.4 Å². The molecule has 0 saturated carbocycles. The van der Waals surface area contributed by atoms with Crippen LogP contribution in [0.15, 0.2) is 88.7 Å². The van der Waals surface area contributed by atoms with Crippen LogP contribution in [0, 0.1) is 5.82 Å². The first-order chi connectivity index (χ1) is 16.4. The van der Waals surface area contributed by atoms with E-state index in [2.05, 4.69) is 5.32 Å². The number of carbonyl (C=O) groups is 1. The average Bonchev–Trinajstić information content (AvgIpc) is 2.84. The van der Waals surface area contributed by atoms with Crippen LogP contribution in [-0.2, 0) is 14.8 Å². The van der Waals surface area contributed by atoms with Crippen LogP contribution >= 0.6 is 11.8 Å². The Morgan fingerprint density at radius 1 is 1.00 bits per heavy atom. The van der Waals surface area contributed by atoms with Crippen molar-refractivity contribution in [1.82, 2.24) is 5.32 Å². The fourth-order valence-corrected chi connectivity index (χ4v) is 5.41. The Bertz CT molecular complexity index is 1160. The van der Waals surface area contributed by atoms with E-state index in [4.69, 9.17) is 4.74 Å². The maximum absolute atomic E-state index is 13.3. The van der Waals surface area contributed by atoms with Gasteiger partial charge in [-0.05, 0) is 79.8 Å². The van der Waals surface area contributed by atoms with Crippen molar-refractivity contribution in [3.63, 3.8) is 0 Å². The first-order valence-electron chi connectivity index (χ1n) is 10.9. The summed E-state index contributed by atoms with van der Waals surface area (Å²) in [7, 11) is -4.10. The van der Waals surface area contributed by atoms with E-state index in [1.807, 2.05) is 37.3 Å². The van der Waals surface area contributed by atoms with Gasteiger partial charge in [-0.2, -0.15) is 0 Å². The number of nitrogens with zero attached hydrogens (tertiary/aromatic N) is 1. The molecule has 1 amide bonds. The number of halogens is 1. The molecule has 0 atom stereocenters. The quantitative estimate of drug-likeness (QED) is 0.287. The molecule has 6 nitrogen and oxygen atoms in total. The summed E-state index contributed by atoms with van der Waals surface area (Å²) < 4.78 is 46.4. The lowest BCUT2D eigenvalue weighted by atomic mass is 10.3. The number of thioether (sulfide) groups is 1. The van der Waals surface area contributed by atoms with Crippen molar-refractivity contribution < 1.29 is 22.3 Å². The van der Waals surface area contributed by atoms with Gasteiger partial charge in [0.05, 0.1) is 17.2 Å². The summed E-state index contributed by atoms with van der Waals surface area (Å²) in [5, 5.41) is 2.79. The summed E-state index contributed by atoms with van der Waals surface area (Å²) >= 11 is 1.69. The molecular formula is C25H27FN2O4S2. The maximum atomic E-state index is 13.3. The number of hydrogen-bond acceptors (Lipinski definition) is 5. The molecule has 0 heterocycles. The fraction of sp³-hybridized carbons (Fsp3) is 0.240. The number of anilines is 1. The summed E-state index contributed by atoms with van der Waals surface area (Å²) in [5.74, 6) is 0.438. The van der Waals surface area contributed by atoms with Gasteiger partial charge >= 0.3 is 0 Å². The minimum Gasteiger partial charge on any atom is -0.494 e. The van der Waals surface area contributed by atoms with E-state index >= 15 is 0 Å². The predicted molar refractivity (Wildman–Crippen MR) is 133 cm³/mol. The number of ether oxygens (including phenoxy) is 1. The van der Waals surface area contributed by atoms with Crippen LogP contribution in [0.4, 0.5) is 10.1 Å². The zero-order valence-electron chi connectivity index (χ0n) is 18.8. The number of sulfonamides is 1. The second-order valence-corrected chi connectivity index (χ2v) is 10.3. The molecular weight excluding hydrogens is 475 g/mol. The van der Waals surface area contributed by atoms with E-state index in [1.54, 1.807) is 36.0 Å². The molecule has 9 heteroatoms. The van der Waals surface area contributed by atoms with Crippen molar-refractivity contribution in [1.29, 1.82) is 0 Å². The maximum Gasteiger partial charge on any atom is 0.264 e. The molecule has 0 aliphatic rings. The lowest BCUT2D eigenvalue weighted by molar-refractivity contribution is -0.119. The molecule has 0 aromatic heterocycles. The van der Waals surface area contributed by atoms with E-state index in [-0.39, 0.29) is 4.90 Å². The third-order valence-electron chi connectivity index (χ3n) is 4.78. The number of amides is 1. The van der Waals surface area contributed by atoms with Crippen LogP contribution in [0.5, 0.6) is 5.75 Å². The van der Waals surface area contributed by atoms with Crippen LogP contribution in [0.1, 0.15) is 13.3 Å². The SMILES string of the molecule is CCOc1ccc(N(CC(=O)NCCCSc2ccccc2)S(=O)(=O)c2ccc(F)cc2)cc1. The molecule has 0 radical (unpaired) electrons. The third kappa shape index (κ3) is 7.23. The van der Waals surface area contributed by atoms with Gasteiger partial charge in [0.1, 0.15) is 18.1 Å². The predicted octanol–water partition coefficient (Wildman–Crippen LogP) is 4.72. The second kappa shape index (κ2) is 12.4. The minimum atomic E-state index is -4.10. The molecule has 0 unspecified atom stereocenters. The average molecular weight is 503 g/mol. The third-order valence-corrected chi connectivity index (χ3v) is 7.67. The van der Waals surface area contributed by atoms with Crippen molar-refractivity contribution in [2.24, 2.45) is 0 Å². The molecule has 3 rings (SSSR count). The topological polar surface area (TPSA) is 75.7 Å². The van der Waals surface area contributed by atoms with E-state index < -0.39 is 28.3 Å². The number of benzene rings is 3. The molecule has 0 aliphatic heterocycles. The van der Waals surface area contributed by atoms with Gasteiger partial charge in [0.2, 0.25) is 5.91 Å². The Balaban J connectivity index is 1.67. The minimum absolute atomic E-state index is 0.102. The highest BCUT2D eigenvalue weighted by atomic mass is 32.2. The molecule has 0 bridgehead atoms. The monoisotopic (exact) mass is 502 g/mol. The van der Waals surface area contributed by atoms with Crippen LogP contribution < -0.4 is 14.4 Å². The largest absolute Gasteiger partial charge is 0.494 e. The van der Waals surface area contributed by atoms with Crippen molar-refractivity contribution in [3.8, 4) is 5.75 Å². The highest BCUT2D eigenvalue weighted by Gasteiger charge is 2.27. The van der Waals surface area contributed by atoms with Gasteiger partial charge in [-0.15, -0.1) is 11.8 Å².